The zero-order valence-corrected chi connectivity index (χ0v) is 14.3. The molecule has 8 heteroatoms. The molecular weight excluding hydrogens is 338 g/mol. The molecule has 1 unspecified atom stereocenters. The van der Waals surface area contributed by atoms with Gasteiger partial charge in [-0.3, -0.25) is 4.79 Å². The molecule has 1 aliphatic rings. The van der Waals surface area contributed by atoms with Gasteiger partial charge >= 0.3 is 0 Å². The van der Waals surface area contributed by atoms with Crippen molar-refractivity contribution in [1.29, 1.82) is 0 Å². The Labute approximate surface area is 137 Å². The lowest BCUT2D eigenvalue weighted by atomic mass is 9.79. The van der Waals surface area contributed by atoms with Crippen molar-refractivity contribution in [3.8, 4) is 0 Å². The van der Waals surface area contributed by atoms with Gasteiger partial charge in [0.2, 0.25) is 0 Å². The predicted molar refractivity (Wildman–Crippen MR) is 85.7 cm³/mol. The second kappa shape index (κ2) is 7.26. The minimum Gasteiger partial charge on any atom is -0.337 e. The Morgan fingerprint density at radius 1 is 1.57 bits per heavy atom. The zero-order chi connectivity index (χ0) is 14.9. The van der Waals surface area contributed by atoms with E-state index in [9.17, 15) is 13.6 Å². The molecule has 0 aliphatic carbocycles. The van der Waals surface area contributed by atoms with E-state index in [0.29, 0.717) is 34.6 Å². The monoisotopic (exact) mass is 356 g/mol. The lowest BCUT2D eigenvalue weighted by molar-refractivity contribution is 0.0534. The molecule has 0 bridgehead atoms. The summed E-state index contributed by atoms with van der Waals surface area (Å²) in [7, 11) is 0. The SMILES string of the molecule is CC1(C)CN(C(=O)c2sccc2SC(F)F)CCC1N.Cl. The van der Waals surface area contributed by atoms with Crippen molar-refractivity contribution >= 4 is 41.4 Å². The van der Waals surface area contributed by atoms with Crippen molar-refractivity contribution in [3.63, 3.8) is 0 Å². The van der Waals surface area contributed by atoms with Crippen LogP contribution in [0.5, 0.6) is 0 Å². The molecule has 1 aromatic heterocycles. The fourth-order valence-corrected chi connectivity index (χ4v) is 4.00. The molecule has 2 heterocycles. The minimum atomic E-state index is -2.51. The molecule has 0 saturated carbocycles. The molecule has 1 atom stereocenters. The number of nitrogens with zero attached hydrogens (tertiary/aromatic N) is 1. The van der Waals surface area contributed by atoms with Gasteiger partial charge in [0.25, 0.3) is 11.7 Å². The number of carbonyl (C=O) groups is 1. The summed E-state index contributed by atoms with van der Waals surface area (Å²) in [5, 5.41) is 1.68. The molecule has 2 rings (SSSR count). The van der Waals surface area contributed by atoms with Crippen LogP contribution >= 0.6 is 35.5 Å². The van der Waals surface area contributed by atoms with Gasteiger partial charge in [-0.2, -0.15) is 8.78 Å². The standard InChI is InChI=1S/C13H18F2N2OS2.ClH/c1-13(2)7-17(5-3-9(13)16)11(18)10-8(4-6-19-10)20-12(14)15;/h4,6,9,12H,3,5,7,16H2,1-2H3;1H. The van der Waals surface area contributed by atoms with E-state index in [-0.39, 0.29) is 29.8 Å². The zero-order valence-electron chi connectivity index (χ0n) is 11.8. The van der Waals surface area contributed by atoms with Crippen LogP contribution < -0.4 is 5.73 Å². The molecule has 2 N–H and O–H groups in total. The second-order valence-electron chi connectivity index (χ2n) is 5.60. The normalized spacial score (nSPS) is 21.2. The van der Waals surface area contributed by atoms with E-state index in [1.807, 2.05) is 13.8 Å². The van der Waals surface area contributed by atoms with Crippen molar-refractivity contribution in [3.05, 3.63) is 16.3 Å². The Balaban J connectivity index is 0.00000220. The van der Waals surface area contributed by atoms with Crippen LogP contribution in [0.2, 0.25) is 0 Å². The molecule has 0 radical (unpaired) electrons. The molecule has 1 aromatic rings. The average Bonchev–Trinajstić information content (AvgIpc) is 2.79. The molecule has 21 heavy (non-hydrogen) atoms. The van der Waals surface area contributed by atoms with E-state index in [1.165, 1.54) is 11.3 Å². The van der Waals surface area contributed by atoms with Gasteiger partial charge < -0.3 is 10.6 Å². The Morgan fingerprint density at radius 2 is 2.24 bits per heavy atom. The van der Waals surface area contributed by atoms with Crippen molar-refractivity contribution in [1.82, 2.24) is 4.90 Å². The number of alkyl halides is 2. The highest BCUT2D eigenvalue weighted by molar-refractivity contribution is 7.99. The fourth-order valence-electron chi connectivity index (χ4n) is 2.33. The maximum absolute atomic E-state index is 12.5. The summed E-state index contributed by atoms with van der Waals surface area (Å²) in [4.78, 5) is 15.0. The van der Waals surface area contributed by atoms with Gasteiger partial charge in [-0.25, -0.2) is 0 Å². The van der Waals surface area contributed by atoms with E-state index in [1.54, 1.807) is 16.3 Å². The fraction of sp³-hybridized carbons (Fsp3) is 0.615. The van der Waals surface area contributed by atoms with E-state index in [4.69, 9.17) is 5.73 Å². The number of nitrogens with two attached hydrogens (primary N) is 1. The van der Waals surface area contributed by atoms with Crippen LogP contribution in [0.15, 0.2) is 16.3 Å². The smallest absolute Gasteiger partial charge is 0.288 e. The highest BCUT2D eigenvalue weighted by Gasteiger charge is 2.36. The average molecular weight is 357 g/mol. The Kier molecular flexibility index (Phi) is 6.46. The van der Waals surface area contributed by atoms with Crippen molar-refractivity contribution < 1.29 is 13.6 Å². The molecule has 0 spiro atoms. The van der Waals surface area contributed by atoms with Gasteiger partial charge in [0.05, 0.1) is 0 Å². The topological polar surface area (TPSA) is 46.3 Å². The third-order valence-corrected chi connectivity index (χ3v) is 5.44. The lowest BCUT2D eigenvalue weighted by Crippen LogP contribution is -2.53. The van der Waals surface area contributed by atoms with Gasteiger partial charge in [-0.05, 0) is 23.3 Å². The highest BCUT2D eigenvalue weighted by Crippen LogP contribution is 2.35. The van der Waals surface area contributed by atoms with Gasteiger partial charge in [-0.15, -0.1) is 23.7 Å². The number of rotatable bonds is 3. The maximum atomic E-state index is 12.5. The van der Waals surface area contributed by atoms with E-state index in [2.05, 4.69) is 0 Å². The third kappa shape index (κ3) is 4.31. The predicted octanol–water partition coefficient (Wildman–Crippen LogP) is 3.68. The number of thioether (sulfide) groups is 1. The molecule has 1 aliphatic heterocycles. The Bertz CT molecular complexity index is 496. The summed E-state index contributed by atoms with van der Waals surface area (Å²) >= 11 is 1.65. The maximum Gasteiger partial charge on any atom is 0.288 e. The first-order valence-corrected chi connectivity index (χ1v) is 8.14. The van der Waals surface area contributed by atoms with Gasteiger partial charge in [0, 0.05) is 24.0 Å². The minimum absolute atomic E-state index is 0. The summed E-state index contributed by atoms with van der Waals surface area (Å²) in [5.41, 5.74) is 5.90. The lowest BCUT2D eigenvalue weighted by Gasteiger charge is -2.42. The third-order valence-electron chi connectivity index (χ3n) is 3.64. The Morgan fingerprint density at radius 3 is 2.81 bits per heavy atom. The molecule has 0 aromatic carbocycles. The number of hydrogen-bond donors (Lipinski definition) is 1. The first kappa shape index (κ1) is 18.7. The summed E-state index contributed by atoms with van der Waals surface area (Å²) in [5.74, 6) is -2.68. The van der Waals surface area contributed by atoms with E-state index >= 15 is 0 Å². The van der Waals surface area contributed by atoms with Crippen LogP contribution in [0, 0.1) is 5.41 Å². The molecule has 1 fully saturated rings. The number of piperidine rings is 1. The van der Waals surface area contributed by atoms with Gasteiger partial charge in [-0.1, -0.05) is 25.6 Å². The molecule has 3 nitrogen and oxygen atoms in total. The highest BCUT2D eigenvalue weighted by atomic mass is 35.5. The molecule has 1 saturated heterocycles. The number of carbonyl (C=O) groups excluding carboxylic acids is 1. The van der Waals surface area contributed by atoms with Crippen LogP contribution in [0.4, 0.5) is 8.78 Å². The Hall–Kier alpha value is -0.370. The van der Waals surface area contributed by atoms with Crippen LogP contribution in [0.3, 0.4) is 0 Å². The quantitative estimate of drug-likeness (QED) is 0.840. The van der Waals surface area contributed by atoms with Crippen molar-refractivity contribution in [2.24, 2.45) is 11.1 Å². The first-order valence-electron chi connectivity index (χ1n) is 6.38. The summed E-state index contributed by atoms with van der Waals surface area (Å²) in [6.07, 6.45) is 0.738. The number of amides is 1. The van der Waals surface area contributed by atoms with E-state index < -0.39 is 5.76 Å². The van der Waals surface area contributed by atoms with Gasteiger partial charge in [0.1, 0.15) is 4.88 Å². The van der Waals surface area contributed by atoms with Crippen LogP contribution in [-0.4, -0.2) is 35.7 Å². The summed E-state index contributed by atoms with van der Waals surface area (Å²) < 4.78 is 25.0. The first-order chi connectivity index (χ1) is 9.31. The van der Waals surface area contributed by atoms with Crippen LogP contribution in [-0.2, 0) is 0 Å². The van der Waals surface area contributed by atoms with Gasteiger partial charge in [0.15, 0.2) is 0 Å². The summed E-state index contributed by atoms with van der Waals surface area (Å²) in [6.45, 7) is 5.20. The molecule has 120 valence electrons. The van der Waals surface area contributed by atoms with Crippen LogP contribution in [0.1, 0.15) is 29.9 Å². The molecular formula is C13H19ClF2N2OS2. The summed E-state index contributed by atoms with van der Waals surface area (Å²) in [6, 6.07) is 1.64. The largest absolute Gasteiger partial charge is 0.337 e. The van der Waals surface area contributed by atoms with Crippen LogP contribution in [0.25, 0.3) is 0 Å². The number of likely N-dealkylation sites (tertiary alicyclic amines) is 1. The van der Waals surface area contributed by atoms with E-state index in [0.717, 1.165) is 6.42 Å². The van der Waals surface area contributed by atoms with Crippen molar-refractivity contribution in [2.75, 3.05) is 13.1 Å². The van der Waals surface area contributed by atoms with Crippen molar-refractivity contribution in [2.45, 2.75) is 37.0 Å². The number of halogens is 3. The molecule has 1 amide bonds. The second-order valence-corrected chi connectivity index (χ2v) is 7.55. The number of hydrogen-bond acceptors (Lipinski definition) is 4. The number of thiophene rings is 1.